The van der Waals surface area contributed by atoms with Crippen molar-refractivity contribution in [3.63, 3.8) is 0 Å². The zero-order valence-electron chi connectivity index (χ0n) is 20.4. The molecule has 9 heteroatoms. The van der Waals surface area contributed by atoms with Crippen LogP contribution in [0.1, 0.15) is 22.2 Å². The van der Waals surface area contributed by atoms with E-state index >= 15 is 0 Å². The summed E-state index contributed by atoms with van der Waals surface area (Å²) in [7, 11) is 8.39. The summed E-state index contributed by atoms with van der Waals surface area (Å²) in [5.41, 5.74) is 1.01. The number of fused-ring (bicyclic) bond motifs is 1. The molecular formula is C26H29N2O7+. The van der Waals surface area contributed by atoms with Crippen molar-refractivity contribution in [3.8, 4) is 17.2 Å². The molecule has 0 spiro atoms. The molecule has 4 rings (SSSR count). The molecule has 1 aliphatic rings. The van der Waals surface area contributed by atoms with Gasteiger partial charge in [0.15, 0.2) is 23.0 Å². The number of carbonyl (C=O) groups excluding carboxylic acids is 2. The van der Waals surface area contributed by atoms with Gasteiger partial charge in [0.05, 0.1) is 60.1 Å². The van der Waals surface area contributed by atoms with Gasteiger partial charge in [-0.1, -0.05) is 18.2 Å². The zero-order chi connectivity index (χ0) is 25.3. The van der Waals surface area contributed by atoms with Crippen LogP contribution in [0.2, 0.25) is 0 Å². The van der Waals surface area contributed by atoms with Crippen LogP contribution in [-0.4, -0.2) is 70.2 Å². The Morgan fingerprint density at radius 3 is 2.29 bits per heavy atom. The minimum Gasteiger partial charge on any atom is -0.503 e. The second-order valence-electron chi connectivity index (χ2n) is 8.56. The van der Waals surface area contributed by atoms with E-state index in [2.05, 4.69) is 0 Å². The van der Waals surface area contributed by atoms with Gasteiger partial charge in [0, 0.05) is 5.39 Å². The van der Waals surface area contributed by atoms with Crippen molar-refractivity contribution in [2.45, 2.75) is 6.04 Å². The van der Waals surface area contributed by atoms with Crippen molar-refractivity contribution in [2.24, 2.45) is 0 Å². The summed E-state index contributed by atoms with van der Waals surface area (Å²) in [6, 6.07) is 11.3. The molecule has 1 aromatic heterocycles. The number of likely N-dealkylation sites (N-methyl/N-ethyl adjacent to an activating group) is 1. The second-order valence-corrected chi connectivity index (χ2v) is 8.56. The molecule has 0 radical (unpaired) electrons. The standard InChI is InChI=1S/C26H28N2O7/c1-27(2)10-11-28-22(16-13-19(32-3)25(34-5)20(14-16)33-4)21(24(30)26(28)31)23(29)18-12-15-8-6-7-9-17(15)35-18/h6-9,12-14,22,30H,10-11H2,1-5H3/p+1/t22-/m0/s1. The van der Waals surface area contributed by atoms with Crippen LogP contribution in [-0.2, 0) is 4.79 Å². The van der Waals surface area contributed by atoms with Crippen molar-refractivity contribution in [3.05, 3.63) is 65.1 Å². The van der Waals surface area contributed by atoms with E-state index in [0.717, 1.165) is 10.3 Å². The van der Waals surface area contributed by atoms with Gasteiger partial charge in [-0.25, -0.2) is 0 Å². The molecular weight excluding hydrogens is 452 g/mol. The number of methoxy groups -OCH3 is 3. The first-order chi connectivity index (χ1) is 16.8. The number of ketones is 1. The molecule has 1 atom stereocenters. The fraction of sp³-hybridized carbons (Fsp3) is 0.308. The van der Waals surface area contributed by atoms with Crippen LogP contribution >= 0.6 is 0 Å². The number of furan rings is 1. The van der Waals surface area contributed by atoms with Gasteiger partial charge in [-0.2, -0.15) is 0 Å². The van der Waals surface area contributed by atoms with Crippen molar-refractivity contribution in [1.29, 1.82) is 0 Å². The zero-order valence-corrected chi connectivity index (χ0v) is 20.4. The Labute approximate surface area is 203 Å². The van der Waals surface area contributed by atoms with Gasteiger partial charge in [0.25, 0.3) is 5.91 Å². The molecule has 0 saturated carbocycles. The maximum absolute atomic E-state index is 13.7. The summed E-state index contributed by atoms with van der Waals surface area (Å²) in [4.78, 5) is 29.5. The van der Waals surface area contributed by atoms with Gasteiger partial charge < -0.3 is 33.5 Å². The number of nitrogens with one attached hydrogen (secondary N) is 1. The largest absolute Gasteiger partial charge is 0.503 e. The highest BCUT2D eigenvalue weighted by Crippen LogP contribution is 2.45. The number of quaternary nitrogens is 1. The molecule has 0 fully saturated rings. The first-order valence-corrected chi connectivity index (χ1v) is 11.2. The summed E-state index contributed by atoms with van der Waals surface area (Å²) in [5.74, 6) is -0.620. The Kier molecular flexibility index (Phi) is 6.70. The van der Waals surface area contributed by atoms with Crippen molar-refractivity contribution in [2.75, 3.05) is 48.5 Å². The maximum Gasteiger partial charge on any atom is 0.290 e. The molecule has 35 heavy (non-hydrogen) atoms. The van der Waals surface area contributed by atoms with E-state index in [9.17, 15) is 14.7 Å². The first-order valence-electron chi connectivity index (χ1n) is 11.2. The van der Waals surface area contributed by atoms with Crippen LogP contribution < -0.4 is 19.1 Å². The lowest BCUT2D eigenvalue weighted by atomic mass is 9.94. The van der Waals surface area contributed by atoms with E-state index < -0.39 is 23.5 Å². The second kappa shape index (κ2) is 9.71. The van der Waals surface area contributed by atoms with Crippen LogP contribution in [0.15, 0.2) is 58.2 Å². The third kappa shape index (κ3) is 4.30. The van der Waals surface area contributed by atoms with E-state index in [0.29, 0.717) is 41.5 Å². The van der Waals surface area contributed by atoms with Gasteiger partial charge in [-0.05, 0) is 29.8 Å². The monoisotopic (exact) mass is 481 g/mol. The molecule has 9 nitrogen and oxygen atoms in total. The molecule has 2 aromatic carbocycles. The number of Topliss-reactive ketones (excluding diaryl/α,β-unsaturated/α-hetero) is 1. The average molecular weight is 482 g/mol. The van der Waals surface area contributed by atoms with Gasteiger partial charge >= 0.3 is 0 Å². The van der Waals surface area contributed by atoms with Crippen LogP contribution in [0.4, 0.5) is 0 Å². The lowest BCUT2D eigenvalue weighted by molar-refractivity contribution is -0.857. The maximum atomic E-state index is 13.7. The number of benzene rings is 2. The number of amides is 1. The number of aliphatic hydroxyl groups excluding tert-OH is 1. The highest BCUT2D eigenvalue weighted by Gasteiger charge is 2.45. The molecule has 0 saturated heterocycles. The van der Waals surface area contributed by atoms with Crippen LogP contribution in [0.3, 0.4) is 0 Å². The molecule has 2 N–H and O–H groups in total. The number of nitrogens with zero attached hydrogens (tertiary/aromatic N) is 1. The summed E-state index contributed by atoms with van der Waals surface area (Å²) in [5, 5.41) is 11.7. The van der Waals surface area contributed by atoms with Gasteiger partial charge in [-0.15, -0.1) is 0 Å². The third-order valence-electron chi connectivity index (χ3n) is 6.05. The topological polar surface area (TPSA) is 103 Å². The predicted molar refractivity (Wildman–Crippen MR) is 128 cm³/mol. The van der Waals surface area contributed by atoms with Crippen molar-refractivity contribution < 1.29 is 38.2 Å². The Bertz CT molecular complexity index is 1250. The molecule has 0 unspecified atom stereocenters. The average Bonchev–Trinajstić information content (AvgIpc) is 3.40. The third-order valence-corrected chi connectivity index (χ3v) is 6.05. The molecule has 3 aromatic rings. The van der Waals surface area contributed by atoms with Crippen LogP contribution in [0.25, 0.3) is 11.0 Å². The van der Waals surface area contributed by atoms with Crippen LogP contribution in [0, 0.1) is 0 Å². The summed E-state index contributed by atoms with van der Waals surface area (Å²) >= 11 is 0. The summed E-state index contributed by atoms with van der Waals surface area (Å²) in [6.07, 6.45) is 0. The SMILES string of the molecule is COc1cc([C@H]2C(C(=O)c3cc4ccccc4o3)=C(O)C(=O)N2CC[NH+](C)C)cc(OC)c1OC. The Morgan fingerprint density at radius 2 is 1.71 bits per heavy atom. The summed E-state index contributed by atoms with van der Waals surface area (Å²) < 4.78 is 22.2. The minimum absolute atomic E-state index is 0.0399. The fourth-order valence-corrected chi connectivity index (χ4v) is 4.29. The van der Waals surface area contributed by atoms with E-state index in [1.807, 2.05) is 26.2 Å². The Balaban J connectivity index is 1.86. The molecule has 0 aliphatic carbocycles. The number of hydrogen-bond donors (Lipinski definition) is 2. The summed E-state index contributed by atoms with van der Waals surface area (Å²) in [6.45, 7) is 0.912. The number of carbonyl (C=O) groups is 2. The van der Waals surface area contributed by atoms with Crippen molar-refractivity contribution in [1.82, 2.24) is 4.90 Å². The highest BCUT2D eigenvalue weighted by atomic mass is 16.5. The van der Waals surface area contributed by atoms with Gasteiger partial charge in [0.2, 0.25) is 11.5 Å². The minimum atomic E-state index is -0.878. The van der Waals surface area contributed by atoms with E-state index in [1.165, 1.54) is 26.2 Å². The fourth-order valence-electron chi connectivity index (χ4n) is 4.29. The Hall–Kier alpha value is -3.98. The van der Waals surface area contributed by atoms with E-state index in [4.69, 9.17) is 18.6 Å². The number of para-hydroxylation sites is 1. The normalized spacial score (nSPS) is 15.9. The first kappa shape index (κ1) is 24.2. The quantitative estimate of drug-likeness (QED) is 0.452. The van der Waals surface area contributed by atoms with Gasteiger partial charge in [0.1, 0.15) is 5.58 Å². The smallest absolute Gasteiger partial charge is 0.290 e. The lowest BCUT2D eigenvalue weighted by Gasteiger charge is -2.28. The molecule has 2 heterocycles. The van der Waals surface area contributed by atoms with Gasteiger partial charge in [-0.3, -0.25) is 9.59 Å². The van der Waals surface area contributed by atoms with Crippen molar-refractivity contribution >= 4 is 22.7 Å². The number of rotatable bonds is 9. The van der Waals surface area contributed by atoms with Crippen LogP contribution in [0.5, 0.6) is 17.2 Å². The molecule has 184 valence electrons. The molecule has 0 bridgehead atoms. The number of aliphatic hydroxyl groups is 1. The van der Waals surface area contributed by atoms with E-state index in [-0.39, 0.29) is 11.3 Å². The number of ether oxygens (including phenoxy) is 3. The van der Waals surface area contributed by atoms with E-state index in [1.54, 1.807) is 30.3 Å². The predicted octanol–water partition coefficient (Wildman–Crippen LogP) is 2.18. The lowest BCUT2D eigenvalue weighted by Crippen LogP contribution is -3.06. The Morgan fingerprint density at radius 1 is 1.06 bits per heavy atom. The highest BCUT2D eigenvalue weighted by molar-refractivity contribution is 6.16. The molecule has 1 amide bonds. The molecule has 1 aliphatic heterocycles. The number of hydrogen-bond acceptors (Lipinski definition) is 7.